The first kappa shape index (κ1) is 34.0. The number of unbranched alkanes of at least 4 members (excludes halogenated alkanes) is 1. The normalized spacial score (nSPS) is 15.7. The van der Waals surface area contributed by atoms with Gasteiger partial charge in [-0.3, -0.25) is 24.0 Å². The Morgan fingerprint density at radius 2 is 1.30 bits per heavy atom. The molecule has 37 heavy (non-hydrogen) atoms. The fourth-order valence-electron chi connectivity index (χ4n) is 2.92. The zero-order valence-corrected chi connectivity index (χ0v) is 21.7. The lowest BCUT2D eigenvalue weighted by Crippen LogP contribution is -2.58. The number of carboxylic acid groups (broad SMARTS) is 2. The molecule has 6 atom stereocenters. The van der Waals surface area contributed by atoms with Gasteiger partial charge in [0, 0.05) is 12.2 Å². The predicted octanol–water partition coefficient (Wildman–Crippen LogP) is -3.34. The quantitative estimate of drug-likeness (QED) is 0.0595. The lowest BCUT2D eigenvalue weighted by Gasteiger charge is -2.25. The number of nitrogens with two attached hydrogens (primary N) is 2. The number of carboxylic acids is 2. The summed E-state index contributed by atoms with van der Waals surface area (Å²) in [4.78, 5) is 72.5. The van der Waals surface area contributed by atoms with Crippen molar-refractivity contribution in [1.82, 2.24) is 21.3 Å². The number of rotatable bonds is 18. The third-order valence-corrected chi connectivity index (χ3v) is 5.60. The number of amides is 4. The van der Waals surface area contributed by atoms with E-state index in [0.29, 0.717) is 19.4 Å². The minimum Gasteiger partial charge on any atom is -0.481 e. The average Bonchev–Trinajstić information content (AvgIpc) is 2.82. The number of carbonyl (C=O) groups is 6. The minimum absolute atomic E-state index is 0.119. The number of nitrogens with one attached hydrogen (secondary N) is 4. The lowest BCUT2D eigenvalue weighted by atomic mass is 10.0. The van der Waals surface area contributed by atoms with Crippen molar-refractivity contribution in [3.63, 3.8) is 0 Å². The third kappa shape index (κ3) is 13.2. The largest absolute Gasteiger partial charge is 0.481 e. The molecule has 212 valence electrons. The zero-order valence-electron chi connectivity index (χ0n) is 20.8. The van der Waals surface area contributed by atoms with Gasteiger partial charge in [0.25, 0.3) is 0 Å². The van der Waals surface area contributed by atoms with Gasteiger partial charge in [0.05, 0.1) is 6.10 Å². The van der Waals surface area contributed by atoms with Crippen molar-refractivity contribution in [1.29, 1.82) is 0 Å². The van der Waals surface area contributed by atoms with Crippen molar-refractivity contribution < 1.29 is 44.1 Å². The highest BCUT2D eigenvalue weighted by Crippen LogP contribution is 2.06. The Hall–Kier alpha value is -2.95. The Morgan fingerprint density at radius 1 is 0.784 bits per heavy atom. The molecule has 0 unspecified atom stereocenters. The van der Waals surface area contributed by atoms with Gasteiger partial charge in [0.1, 0.15) is 30.2 Å². The Labute approximate surface area is 219 Å². The second kappa shape index (κ2) is 17.5. The Balaban J connectivity index is 5.55. The van der Waals surface area contributed by atoms with Gasteiger partial charge in [-0.05, 0) is 46.1 Å². The molecule has 0 heterocycles. The molecule has 0 saturated heterocycles. The molecular formula is C21H38N6O9S. The topological polar surface area (TPSA) is 263 Å². The second-order valence-electron chi connectivity index (χ2n) is 8.42. The van der Waals surface area contributed by atoms with Crippen LogP contribution in [0.2, 0.25) is 0 Å². The van der Waals surface area contributed by atoms with Gasteiger partial charge in [0.2, 0.25) is 23.6 Å². The first-order chi connectivity index (χ1) is 17.2. The van der Waals surface area contributed by atoms with E-state index in [0.717, 1.165) is 0 Å². The molecule has 0 radical (unpaired) electrons. The lowest BCUT2D eigenvalue weighted by molar-refractivity contribution is -0.141. The van der Waals surface area contributed by atoms with Gasteiger partial charge >= 0.3 is 11.9 Å². The summed E-state index contributed by atoms with van der Waals surface area (Å²) in [5.41, 5.74) is 11.1. The molecule has 0 aromatic rings. The molecule has 0 saturated carbocycles. The van der Waals surface area contributed by atoms with E-state index in [2.05, 4.69) is 33.9 Å². The number of aliphatic carboxylic acids is 2. The third-order valence-electron chi connectivity index (χ3n) is 5.23. The smallest absolute Gasteiger partial charge is 0.327 e. The number of carbonyl (C=O) groups excluding carboxylic acids is 4. The van der Waals surface area contributed by atoms with Gasteiger partial charge in [0.15, 0.2) is 0 Å². The predicted molar refractivity (Wildman–Crippen MR) is 134 cm³/mol. The van der Waals surface area contributed by atoms with Crippen molar-refractivity contribution in [2.75, 3.05) is 12.3 Å². The molecule has 15 nitrogen and oxygen atoms in total. The van der Waals surface area contributed by atoms with Crippen LogP contribution in [0.25, 0.3) is 0 Å². The van der Waals surface area contributed by atoms with Gasteiger partial charge in [-0.25, -0.2) is 4.79 Å². The number of hydrogen-bond donors (Lipinski definition) is 10. The number of hydrogen-bond acceptors (Lipinski definition) is 10. The highest BCUT2D eigenvalue weighted by atomic mass is 32.1. The van der Waals surface area contributed by atoms with Crippen LogP contribution in [0, 0.1) is 0 Å². The van der Waals surface area contributed by atoms with Crippen LogP contribution in [0.4, 0.5) is 0 Å². The van der Waals surface area contributed by atoms with Crippen LogP contribution in [-0.4, -0.2) is 99.5 Å². The maximum Gasteiger partial charge on any atom is 0.327 e. The standard InChI is InChI=1S/C21H38N6O9S/c1-10(17(31)27-14(9-37)21(35)36)24-18(32)13(6-7-15(29)30)25-19(33)12(5-3-4-8-22)26-20(34)16(23)11(2)28/h10-14,16,28,37H,3-9,22-23H2,1-2H3,(H,24,32)(H,25,33)(H,26,34)(H,27,31)(H,29,30)(H,35,36)/t10-,11+,12-,13-,14-,16-/m1/s1. The highest BCUT2D eigenvalue weighted by molar-refractivity contribution is 7.80. The summed E-state index contributed by atoms with van der Waals surface area (Å²) >= 11 is 3.84. The summed E-state index contributed by atoms with van der Waals surface area (Å²) in [5.74, 6) is -6.13. The summed E-state index contributed by atoms with van der Waals surface area (Å²) < 4.78 is 0. The van der Waals surface area contributed by atoms with Crippen LogP contribution >= 0.6 is 12.6 Å². The molecule has 0 aromatic carbocycles. The fourth-order valence-corrected chi connectivity index (χ4v) is 3.17. The van der Waals surface area contributed by atoms with E-state index in [1.165, 1.54) is 13.8 Å². The van der Waals surface area contributed by atoms with E-state index in [9.17, 15) is 33.9 Å². The van der Waals surface area contributed by atoms with Crippen molar-refractivity contribution in [2.45, 2.75) is 82.3 Å². The van der Waals surface area contributed by atoms with Crippen LogP contribution in [0.15, 0.2) is 0 Å². The molecule has 0 aliphatic heterocycles. The Morgan fingerprint density at radius 3 is 1.78 bits per heavy atom. The fraction of sp³-hybridized carbons (Fsp3) is 0.714. The van der Waals surface area contributed by atoms with Crippen molar-refractivity contribution in [3.05, 3.63) is 0 Å². The maximum absolute atomic E-state index is 13.0. The van der Waals surface area contributed by atoms with E-state index in [1.807, 2.05) is 0 Å². The maximum atomic E-state index is 13.0. The molecule has 11 N–H and O–H groups in total. The summed E-state index contributed by atoms with van der Waals surface area (Å²) in [7, 11) is 0. The van der Waals surface area contributed by atoms with E-state index in [4.69, 9.17) is 21.7 Å². The Kier molecular flexibility index (Phi) is 16.1. The monoisotopic (exact) mass is 550 g/mol. The molecule has 0 fully saturated rings. The Bertz CT molecular complexity index is 813. The van der Waals surface area contributed by atoms with Crippen LogP contribution in [0.5, 0.6) is 0 Å². The van der Waals surface area contributed by atoms with Crippen LogP contribution in [0.1, 0.15) is 46.0 Å². The first-order valence-corrected chi connectivity index (χ1v) is 12.3. The molecule has 4 amide bonds. The average molecular weight is 551 g/mol. The molecule has 0 spiro atoms. The van der Waals surface area contributed by atoms with E-state index < -0.39 is 78.3 Å². The molecule has 0 rings (SSSR count). The second-order valence-corrected chi connectivity index (χ2v) is 8.78. The van der Waals surface area contributed by atoms with Gasteiger partial charge in [-0.2, -0.15) is 12.6 Å². The van der Waals surface area contributed by atoms with Crippen LogP contribution < -0.4 is 32.7 Å². The summed E-state index contributed by atoms with van der Waals surface area (Å²) in [5, 5.41) is 36.9. The molecular weight excluding hydrogens is 512 g/mol. The van der Waals surface area contributed by atoms with Gasteiger partial charge in [-0.1, -0.05) is 0 Å². The first-order valence-electron chi connectivity index (χ1n) is 11.7. The van der Waals surface area contributed by atoms with Gasteiger partial charge in [-0.15, -0.1) is 0 Å². The SMILES string of the molecule is C[C@H](O)[C@@H](N)C(=O)N[C@H](CCCCN)C(=O)N[C@H](CCC(=O)O)C(=O)N[C@H](C)C(=O)N[C@H](CS)C(=O)O. The molecule has 0 bridgehead atoms. The van der Waals surface area contributed by atoms with Crippen molar-refractivity contribution >= 4 is 48.2 Å². The highest BCUT2D eigenvalue weighted by Gasteiger charge is 2.31. The zero-order chi connectivity index (χ0) is 28.7. The van der Waals surface area contributed by atoms with Crippen molar-refractivity contribution in [3.8, 4) is 0 Å². The minimum atomic E-state index is -1.40. The van der Waals surface area contributed by atoms with E-state index in [1.54, 1.807) is 0 Å². The van der Waals surface area contributed by atoms with Crippen LogP contribution in [-0.2, 0) is 28.8 Å². The molecule has 0 aliphatic carbocycles. The van der Waals surface area contributed by atoms with E-state index in [-0.39, 0.29) is 18.6 Å². The molecule has 0 aliphatic rings. The van der Waals surface area contributed by atoms with Gasteiger partial charge < -0.3 is 48.1 Å². The summed E-state index contributed by atoms with van der Waals surface area (Å²) in [6.07, 6.45) is -0.964. The summed E-state index contributed by atoms with van der Waals surface area (Å²) in [6.45, 7) is 2.90. The van der Waals surface area contributed by atoms with Crippen LogP contribution in [0.3, 0.4) is 0 Å². The van der Waals surface area contributed by atoms with E-state index >= 15 is 0 Å². The number of aliphatic hydroxyl groups is 1. The number of thiol groups is 1. The molecule has 0 aromatic heterocycles. The number of aliphatic hydroxyl groups excluding tert-OH is 1. The van der Waals surface area contributed by atoms with Crippen molar-refractivity contribution in [2.24, 2.45) is 11.5 Å². The summed E-state index contributed by atoms with van der Waals surface area (Å²) in [6, 6.07) is -6.43. The molecule has 16 heteroatoms.